The second kappa shape index (κ2) is 13.8. The normalized spacial score (nSPS) is 19.8. The average Bonchev–Trinajstić information content (AvgIpc) is 3.54. The van der Waals surface area contributed by atoms with E-state index in [1.807, 2.05) is 36.4 Å². The first-order valence-corrected chi connectivity index (χ1v) is 22.9. The van der Waals surface area contributed by atoms with Crippen molar-refractivity contribution in [1.29, 1.82) is 0 Å². The third-order valence-electron chi connectivity index (χ3n) is 10.9. The van der Waals surface area contributed by atoms with Gasteiger partial charge in [0.25, 0.3) is 5.56 Å². The van der Waals surface area contributed by atoms with E-state index in [0.29, 0.717) is 13.0 Å². The summed E-state index contributed by atoms with van der Waals surface area (Å²) in [5, 5.41) is -0.0486. The minimum Gasteiger partial charge on any atom is -0.433 e. The van der Waals surface area contributed by atoms with E-state index in [9.17, 15) is 14.4 Å². The van der Waals surface area contributed by atoms with E-state index in [-0.39, 0.29) is 41.0 Å². The van der Waals surface area contributed by atoms with E-state index in [4.69, 9.17) is 23.1 Å². The molecular weight excluding hydrogens is 657 g/mol. The Morgan fingerprint density at radius 2 is 1.43 bits per heavy atom. The van der Waals surface area contributed by atoms with Gasteiger partial charge in [-0.25, -0.2) is 9.59 Å². The molecule has 0 saturated carbocycles. The maximum Gasteiger partial charge on any atom is 0.508 e. The maximum atomic E-state index is 13.3. The smallest absolute Gasteiger partial charge is 0.433 e. The molecule has 49 heavy (non-hydrogen) atoms. The summed E-state index contributed by atoms with van der Waals surface area (Å²) in [7, 11) is -4.36. The Bertz CT molecular complexity index is 1740. The van der Waals surface area contributed by atoms with Crippen LogP contribution in [0.15, 0.2) is 64.2 Å². The SMILES string of the molecule is CC(C)(C)[Si](C)(C)OC[C@H]1O[C@@H](n2c(COC(=O)OCC3c4ccccc4-c4ccccc43)cc(=O)[nH]c2=O)C[C@@H]1O[Si](C)(C)C(C)(C)C. The van der Waals surface area contributed by atoms with Crippen LogP contribution in [-0.2, 0) is 29.7 Å². The minimum atomic E-state index is -2.24. The molecule has 3 aromatic rings. The largest absolute Gasteiger partial charge is 0.508 e. The van der Waals surface area contributed by atoms with Crippen LogP contribution in [0.1, 0.15) is 76.9 Å². The number of fused-ring (bicyclic) bond motifs is 3. The van der Waals surface area contributed by atoms with E-state index in [0.717, 1.165) is 22.3 Å². The van der Waals surface area contributed by atoms with Crippen LogP contribution < -0.4 is 11.2 Å². The second-order valence-corrected chi connectivity index (χ2v) is 25.8. The molecule has 1 aliphatic carbocycles. The van der Waals surface area contributed by atoms with Crippen LogP contribution in [0.5, 0.6) is 0 Å². The predicted octanol–water partition coefficient (Wildman–Crippen LogP) is 7.70. The third kappa shape index (κ3) is 7.88. The number of aromatic nitrogens is 2. The number of rotatable bonds is 10. The fourth-order valence-electron chi connectivity index (χ4n) is 5.94. The van der Waals surface area contributed by atoms with Crippen molar-refractivity contribution in [3.05, 3.63) is 92.3 Å². The highest BCUT2D eigenvalue weighted by molar-refractivity contribution is 6.74. The van der Waals surface area contributed by atoms with Crippen LogP contribution in [0.3, 0.4) is 0 Å². The topological polar surface area (TPSA) is 118 Å². The van der Waals surface area contributed by atoms with Gasteiger partial charge in [-0.2, -0.15) is 0 Å². The summed E-state index contributed by atoms with van der Waals surface area (Å²) in [4.78, 5) is 41.1. The zero-order valence-electron chi connectivity index (χ0n) is 30.5. The summed E-state index contributed by atoms with van der Waals surface area (Å²) < 4.78 is 32.5. The Hall–Kier alpha value is -3.30. The first-order valence-electron chi connectivity index (χ1n) is 17.1. The number of carbonyl (C=O) groups excluding carboxylic acids is 1. The average molecular weight is 709 g/mol. The molecule has 2 aliphatic rings. The van der Waals surface area contributed by atoms with Crippen LogP contribution in [0.4, 0.5) is 4.79 Å². The standard InChI is InChI=1S/C37H52N2O8Si2/c1-36(2,3)48(7,8)45-23-31-30(47-49(9,10)37(4,5)6)20-33(46-31)39-24(19-32(40)38-34(39)41)21-43-35(42)44-22-29-27-17-13-11-15-25(27)26-16-12-14-18-28(26)29/h11-19,29-31,33H,20-23H2,1-10H3,(H,38,40,41)/t30-,31+,33+/m0/s1. The van der Waals surface area contributed by atoms with Crippen molar-refractivity contribution >= 4 is 22.8 Å². The summed E-state index contributed by atoms with van der Waals surface area (Å²) in [6.45, 7) is 21.9. The van der Waals surface area contributed by atoms with Gasteiger partial charge in [-0.05, 0) is 58.5 Å². The van der Waals surface area contributed by atoms with Gasteiger partial charge in [0.2, 0.25) is 0 Å². The Morgan fingerprint density at radius 1 is 0.857 bits per heavy atom. The summed E-state index contributed by atoms with van der Waals surface area (Å²) in [5.41, 5.74) is 3.35. The van der Waals surface area contributed by atoms with Crippen molar-refractivity contribution in [2.24, 2.45) is 0 Å². The Morgan fingerprint density at radius 3 is 2.00 bits per heavy atom. The zero-order chi connectivity index (χ0) is 35.9. The number of carbonyl (C=O) groups is 1. The highest BCUT2D eigenvalue weighted by Crippen LogP contribution is 2.45. The lowest BCUT2D eigenvalue weighted by atomic mass is 9.98. The molecule has 1 aromatic heterocycles. The predicted molar refractivity (Wildman–Crippen MR) is 195 cm³/mol. The highest BCUT2D eigenvalue weighted by atomic mass is 28.4. The number of hydrogen-bond donors (Lipinski definition) is 1. The van der Waals surface area contributed by atoms with Crippen LogP contribution >= 0.6 is 0 Å². The second-order valence-electron chi connectivity index (χ2n) is 16.2. The number of nitrogens with one attached hydrogen (secondary N) is 1. The molecule has 0 radical (unpaired) electrons. The number of H-pyrrole nitrogens is 1. The molecule has 1 aliphatic heterocycles. The molecular formula is C37H52N2O8Si2. The van der Waals surface area contributed by atoms with Crippen molar-refractivity contribution in [1.82, 2.24) is 9.55 Å². The first-order chi connectivity index (χ1) is 22.8. The van der Waals surface area contributed by atoms with E-state index >= 15 is 0 Å². The van der Waals surface area contributed by atoms with Gasteiger partial charge < -0.3 is 23.1 Å². The molecule has 3 atom stereocenters. The lowest BCUT2D eigenvalue weighted by molar-refractivity contribution is -0.0437. The minimum absolute atomic E-state index is 0.000294. The van der Waals surface area contributed by atoms with E-state index in [1.54, 1.807) is 0 Å². The first kappa shape index (κ1) is 37.0. The monoisotopic (exact) mass is 708 g/mol. The van der Waals surface area contributed by atoms with Gasteiger partial charge in [-0.15, -0.1) is 0 Å². The van der Waals surface area contributed by atoms with Gasteiger partial charge in [0.05, 0.1) is 18.4 Å². The number of nitrogens with zero attached hydrogens (tertiary/aromatic N) is 1. The molecule has 1 fully saturated rings. The van der Waals surface area contributed by atoms with Crippen molar-refractivity contribution in [2.45, 2.75) is 115 Å². The Labute approximate surface area is 291 Å². The van der Waals surface area contributed by atoms with E-state index in [2.05, 4.69) is 84.8 Å². The van der Waals surface area contributed by atoms with Crippen LogP contribution in [0.25, 0.3) is 11.1 Å². The molecule has 0 amide bonds. The van der Waals surface area contributed by atoms with Gasteiger partial charge >= 0.3 is 11.8 Å². The van der Waals surface area contributed by atoms with E-state index < -0.39 is 46.4 Å². The molecule has 266 valence electrons. The third-order valence-corrected chi connectivity index (χ3v) is 19.9. The summed E-state index contributed by atoms with van der Waals surface area (Å²) in [5.74, 6) is -0.132. The molecule has 2 heterocycles. The van der Waals surface area contributed by atoms with Gasteiger partial charge in [-0.3, -0.25) is 14.3 Å². The van der Waals surface area contributed by atoms with Gasteiger partial charge in [0.15, 0.2) is 16.6 Å². The maximum absolute atomic E-state index is 13.3. The van der Waals surface area contributed by atoms with Gasteiger partial charge in [0.1, 0.15) is 25.5 Å². The molecule has 1 saturated heterocycles. The molecule has 0 unspecified atom stereocenters. The van der Waals surface area contributed by atoms with Crippen molar-refractivity contribution in [3.63, 3.8) is 0 Å². The summed E-state index contributed by atoms with van der Waals surface area (Å²) >= 11 is 0. The summed E-state index contributed by atoms with van der Waals surface area (Å²) in [6.07, 6.45) is -2.09. The number of benzene rings is 2. The molecule has 5 rings (SSSR count). The van der Waals surface area contributed by atoms with Crippen LogP contribution in [0.2, 0.25) is 36.3 Å². The lowest BCUT2D eigenvalue weighted by Gasteiger charge is -2.40. The fourth-order valence-corrected chi connectivity index (χ4v) is 8.31. The number of aromatic amines is 1. The Balaban J connectivity index is 1.32. The molecule has 0 bridgehead atoms. The lowest BCUT2D eigenvalue weighted by Crippen LogP contribution is -2.48. The fraction of sp³-hybridized carbons (Fsp3) is 0.541. The molecule has 0 spiro atoms. The van der Waals surface area contributed by atoms with E-state index in [1.165, 1.54) is 10.6 Å². The van der Waals surface area contributed by atoms with Crippen molar-refractivity contribution < 1.29 is 27.9 Å². The highest BCUT2D eigenvalue weighted by Gasteiger charge is 2.47. The van der Waals surface area contributed by atoms with Crippen LogP contribution in [-0.4, -0.2) is 57.8 Å². The number of hydrogen-bond acceptors (Lipinski definition) is 8. The molecule has 1 N–H and O–H groups in total. The molecule has 12 heteroatoms. The van der Waals surface area contributed by atoms with Crippen molar-refractivity contribution in [2.75, 3.05) is 13.2 Å². The van der Waals surface area contributed by atoms with Crippen molar-refractivity contribution in [3.8, 4) is 11.1 Å². The summed E-state index contributed by atoms with van der Waals surface area (Å²) in [6, 6.07) is 17.4. The molecule has 10 nitrogen and oxygen atoms in total. The van der Waals surface area contributed by atoms with Gasteiger partial charge in [-0.1, -0.05) is 90.1 Å². The quantitative estimate of drug-likeness (QED) is 0.168. The van der Waals surface area contributed by atoms with Crippen LogP contribution in [0, 0.1) is 0 Å². The molecule has 2 aromatic carbocycles. The number of ether oxygens (including phenoxy) is 3. The Kier molecular flexibility index (Phi) is 10.4. The zero-order valence-corrected chi connectivity index (χ0v) is 32.5. The van der Waals surface area contributed by atoms with Gasteiger partial charge in [0, 0.05) is 18.4 Å².